The van der Waals surface area contributed by atoms with Gasteiger partial charge in [-0.1, -0.05) is 239 Å². The average Bonchev–Trinajstić information content (AvgIpc) is 3.37. The molecule has 71 heavy (non-hydrogen) atoms. The zero-order valence-corrected chi connectivity index (χ0v) is 46.2. The van der Waals surface area contributed by atoms with Crippen LogP contribution in [0.2, 0.25) is 0 Å². The zero-order valence-electron chi connectivity index (χ0n) is 46.2. The van der Waals surface area contributed by atoms with Crippen molar-refractivity contribution in [1.29, 1.82) is 0 Å². The van der Waals surface area contributed by atoms with Crippen LogP contribution in [0.3, 0.4) is 0 Å². The third-order valence-electron chi connectivity index (χ3n) is 12.3. The van der Waals surface area contributed by atoms with Crippen molar-refractivity contribution in [2.24, 2.45) is 0 Å². The fraction of sp³-hybridized carbons (Fsp3) is 0.677. The predicted molar refractivity (Wildman–Crippen MR) is 307 cm³/mol. The fourth-order valence-corrected chi connectivity index (χ4v) is 7.85. The van der Waals surface area contributed by atoms with E-state index in [9.17, 15) is 14.4 Å². The highest BCUT2D eigenvalue weighted by Crippen LogP contribution is 2.15. The normalized spacial score (nSPS) is 12.9. The van der Waals surface area contributed by atoms with Crippen molar-refractivity contribution in [3.63, 3.8) is 0 Å². The first kappa shape index (κ1) is 67.1. The molecule has 0 N–H and O–H groups in total. The Hall–Kier alpha value is -3.93. The molecule has 0 aliphatic rings. The van der Waals surface area contributed by atoms with Crippen molar-refractivity contribution in [2.75, 3.05) is 13.2 Å². The molecule has 0 radical (unpaired) electrons. The van der Waals surface area contributed by atoms with Crippen LogP contribution in [0.5, 0.6) is 0 Å². The number of esters is 3. The molecule has 0 aromatic heterocycles. The average molecular weight is 986 g/mol. The fourth-order valence-electron chi connectivity index (χ4n) is 7.85. The summed E-state index contributed by atoms with van der Waals surface area (Å²) in [4.78, 5) is 38.2. The number of hydrogen-bond acceptors (Lipinski definition) is 6. The summed E-state index contributed by atoms with van der Waals surface area (Å²) >= 11 is 0. The van der Waals surface area contributed by atoms with E-state index in [2.05, 4.69) is 130 Å². The van der Waals surface area contributed by atoms with Gasteiger partial charge >= 0.3 is 17.9 Å². The van der Waals surface area contributed by atoms with Crippen LogP contribution >= 0.6 is 0 Å². The van der Waals surface area contributed by atoms with Gasteiger partial charge in [0.1, 0.15) is 13.2 Å². The Bertz CT molecular complexity index is 1460. The van der Waals surface area contributed by atoms with Gasteiger partial charge < -0.3 is 14.2 Å². The summed E-state index contributed by atoms with van der Waals surface area (Å²) in [6.07, 6.45) is 79.4. The van der Waals surface area contributed by atoms with Gasteiger partial charge in [-0.05, 0) is 116 Å². The molecule has 0 rings (SSSR count). The van der Waals surface area contributed by atoms with Gasteiger partial charge in [-0.3, -0.25) is 14.4 Å². The molecule has 6 heteroatoms. The Kier molecular flexibility index (Phi) is 55.4. The molecule has 0 fully saturated rings. The molecule has 0 saturated heterocycles. The Morgan fingerprint density at radius 3 is 0.986 bits per heavy atom. The Morgan fingerprint density at radius 2 is 0.606 bits per heavy atom. The highest BCUT2D eigenvalue weighted by molar-refractivity contribution is 5.71. The van der Waals surface area contributed by atoms with E-state index in [1.54, 1.807) is 0 Å². The summed E-state index contributed by atoms with van der Waals surface area (Å²) in [6.45, 7) is 6.42. The second-order valence-electron chi connectivity index (χ2n) is 19.2. The van der Waals surface area contributed by atoms with Crippen LogP contribution in [-0.2, 0) is 28.6 Å². The molecule has 0 aliphatic carbocycles. The van der Waals surface area contributed by atoms with Crippen LogP contribution in [0.4, 0.5) is 0 Å². The quantitative estimate of drug-likeness (QED) is 0.0199. The topological polar surface area (TPSA) is 78.9 Å². The van der Waals surface area contributed by atoms with Crippen molar-refractivity contribution >= 4 is 17.9 Å². The van der Waals surface area contributed by atoms with Crippen LogP contribution in [-0.4, -0.2) is 37.2 Å². The summed E-state index contributed by atoms with van der Waals surface area (Å²) in [5.41, 5.74) is 0. The van der Waals surface area contributed by atoms with Crippen molar-refractivity contribution in [3.05, 3.63) is 109 Å². The summed E-state index contributed by atoms with van der Waals surface area (Å²) in [5.74, 6) is -0.974. The zero-order chi connectivity index (χ0) is 51.4. The van der Waals surface area contributed by atoms with Gasteiger partial charge in [-0.2, -0.15) is 0 Å². The lowest BCUT2D eigenvalue weighted by atomic mass is 10.1. The van der Waals surface area contributed by atoms with Crippen LogP contribution in [0.1, 0.15) is 265 Å². The molecule has 0 aromatic carbocycles. The third kappa shape index (κ3) is 56.9. The summed E-state index contributed by atoms with van der Waals surface area (Å²) < 4.78 is 16.8. The first-order valence-corrected chi connectivity index (χ1v) is 29.4. The van der Waals surface area contributed by atoms with E-state index in [0.29, 0.717) is 19.3 Å². The van der Waals surface area contributed by atoms with E-state index in [1.807, 2.05) is 0 Å². The number of rotatable bonds is 52. The van der Waals surface area contributed by atoms with E-state index in [1.165, 1.54) is 128 Å². The van der Waals surface area contributed by atoms with E-state index < -0.39 is 6.10 Å². The smallest absolute Gasteiger partial charge is 0.306 e. The van der Waals surface area contributed by atoms with Crippen LogP contribution in [0.25, 0.3) is 0 Å². The SMILES string of the molecule is CC/C=C\C/C=C\C/C=C\C/C=C\C/C=C\CCCC(=O)OC(COC(=O)CCCCCCCCC/C=C\C/C=C\CCCCC)COC(=O)CCCCCCCCCCCC/C=C\C=C/CCCCC. The maximum absolute atomic E-state index is 12.8. The molecule has 0 saturated carbocycles. The van der Waals surface area contributed by atoms with Gasteiger partial charge in [0.15, 0.2) is 6.10 Å². The standard InChI is InChI=1S/C65H108O6/c1-4-7-10-13-16-19-22-25-28-31-32-35-37-40-43-46-49-52-55-58-64(67)70-61-62(71-65(68)59-56-53-50-47-44-41-38-34-30-27-24-21-18-15-12-9-6-3)60-69-63(66)57-54-51-48-45-42-39-36-33-29-26-23-20-17-14-11-8-5-2/h9,12,16-22,25-27,29-30,38,41,47,50,62H,4-8,10-11,13-15,23-24,28,31-37,39-40,42-46,48-49,51-61H2,1-3H3/b12-9-,19-16-,20-17-,21-18-,25-22-,29-26-,30-27-,41-38-,50-47-. The molecule has 404 valence electrons. The van der Waals surface area contributed by atoms with Crippen molar-refractivity contribution in [1.82, 2.24) is 0 Å². The molecular formula is C65H108O6. The molecule has 1 atom stereocenters. The van der Waals surface area contributed by atoms with Crippen molar-refractivity contribution in [2.45, 2.75) is 271 Å². The lowest BCUT2D eigenvalue weighted by Gasteiger charge is -2.18. The van der Waals surface area contributed by atoms with Crippen molar-refractivity contribution in [3.8, 4) is 0 Å². The van der Waals surface area contributed by atoms with E-state index in [0.717, 1.165) is 89.9 Å². The summed E-state index contributed by atoms with van der Waals surface area (Å²) in [7, 11) is 0. The number of carbonyl (C=O) groups is 3. The first-order chi connectivity index (χ1) is 35.0. The molecule has 0 spiro atoms. The molecule has 0 amide bonds. The largest absolute Gasteiger partial charge is 0.462 e. The van der Waals surface area contributed by atoms with E-state index >= 15 is 0 Å². The number of hydrogen-bond donors (Lipinski definition) is 0. The van der Waals surface area contributed by atoms with Crippen LogP contribution in [0, 0.1) is 0 Å². The molecular weight excluding hydrogens is 877 g/mol. The van der Waals surface area contributed by atoms with Gasteiger partial charge in [0.2, 0.25) is 0 Å². The molecule has 0 aromatic rings. The molecule has 0 bridgehead atoms. The minimum absolute atomic E-state index is 0.106. The highest BCUT2D eigenvalue weighted by atomic mass is 16.6. The van der Waals surface area contributed by atoms with E-state index in [4.69, 9.17) is 14.2 Å². The van der Waals surface area contributed by atoms with Crippen molar-refractivity contribution < 1.29 is 28.6 Å². The van der Waals surface area contributed by atoms with Crippen LogP contribution < -0.4 is 0 Å². The second-order valence-corrected chi connectivity index (χ2v) is 19.2. The van der Waals surface area contributed by atoms with Gasteiger partial charge in [0, 0.05) is 19.3 Å². The Morgan fingerprint density at radius 1 is 0.310 bits per heavy atom. The predicted octanol–water partition coefficient (Wildman–Crippen LogP) is 19.9. The minimum atomic E-state index is -0.815. The van der Waals surface area contributed by atoms with Crippen LogP contribution in [0.15, 0.2) is 109 Å². The second kappa shape index (κ2) is 58.6. The maximum Gasteiger partial charge on any atom is 0.306 e. The summed E-state index contributed by atoms with van der Waals surface area (Å²) in [5, 5.41) is 0. The number of unbranched alkanes of at least 4 members (excludes halogenated alkanes) is 24. The molecule has 6 nitrogen and oxygen atoms in total. The lowest BCUT2D eigenvalue weighted by molar-refractivity contribution is -0.167. The number of carbonyl (C=O) groups excluding carboxylic acids is 3. The molecule has 0 aliphatic heterocycles. The molecule has 1 unspecified atom stereocenters. The van der Waals surface area contributed by atoms with E-state index in [-0.39, 0.29) is 37.5 Å². The number of ether oxygens (including phenoxy) is 3. The first-order valence-electron chi connectivity index (χ1n) is 29.4. The van der Waals surface area contributed by atoms with Gasteiger partial charge in [-0.25, -0.2) is 0 Å². The Labute approximate surface area is 438 Å². The van der Waals surface area contributed by atoms with Gasteiger partial charge in [0.25, 0.3) is 0 Å². The highest BCUT2D eigenvalue weighted by Gasteiger charge is 2.19. The third-order valence-corrected chi connectivity index (χ3v) is 12.3. The minimum Gasteiger partial charge on any atom is -0.462 e. The van der Waals surface area contributed by atoms with Gasteiger partial charge in [0.05, 0.1) is 0 Å². The lowest BCUT2D eigenvalue weighted by Crippen LogP contribution is -2.30. The Balaban J connectivity index is 4.49. The van der Waals surface area contributed by atoms with Gasteiger partial charge in [-0.15, -0.1) is 0 Å². The number of allylic oxidation sites excluding steroid dienone is 18. The maximum atomic E-state index is 12.8. The molecule has 0 heterocycles. The monoisotopic (exact) mass is 985 g/mol. The summed E-state index contributed by atoms with van der Waals surface area (Å²) in [6, 6.07) is 0.